The van der Waals surface area contributed by atoms with Gasteiger partial charge in [-0.15, -0.1) is 0 Å². The van der Waals surface area contributed by atoms with Gasteiger partial charge in [0, 0.05) is 38.6 Å². The van der Waals surface area contributed by atoms with Crippen molar-refractivity contribution < 1.29 is 4.79 Å². The van der Waals surface area contributed by atoms with Gasteiger partial charge in [-0.25, -0.2) is 0 Å². The van der Waals surface area contributed by atoms with Gasteiger partial charge in [0.25, 0.3) is 0 Å². The van der Waals surface area contributed by atoms with E-state index in [2.05, 4.69) is 80.0 Å². The topological polar surface area (TPSA) is 23.6 Å². The molecule has 0 atom stereocenters. The third-order valence-electron chi connectivity index (χ3n) is 5.45. The lowest BCUT2D eigenvalue weighted by atomic mass is 10.0. The highest BCUT2D eigenvalue weighted by molar-refractivity contribution is 5.85. The van der Waals surface area contributed by atoms with Crippen LogP contribution in [-0.2, 0) is 11.3 Å². The van der Waals surface area contributed by atoms with Crippen molar-refractivity contribution in [2.45, 2.75) is 59.5 Å². The van der Waals surface area contributed by atoms with Gasteiger partial charge in [-0.2, -0.15) is 0 Å². The van der Waals surface area contributed by atoms with E-state index >= 15 is 0 Å². The Morgan fingerprint density at radius 1 is 0.964 bits per heavy atom. The van der Waals surface area contributed by atoms with Crippen LogP contribution in [0.5, 0.6) is 0 Å². The number of rotatable bonds is 10. The summed E-state index contributed by atoms with van der Waals surface area (Å²) < 4.78 is 0. The molecule has 2 aromatic rings. The van der Waals surface area contributed by atoms with Crippen LogP contribution in [0.4, 0.5) is 0 Å². The van der Waals surface area contributed by atoms with E-state index in [0.717, 1.165) is 26.2 Å². The monoisotopic (exact) mass is 380 g/mol. The second kappa shape index (κ2) is 9.56. The van der Waals surface area contributed by atoms with Crippen LogP contribution >= 0.6 is 0 Å². The first-order chi connectivity index (χ1) is 13.4. The molecule has 0 radical (unpaired) electrons. The molecule has 3 heteroatoms. The molecule has 1 fully saturated rings. The number of fused-ring (bicyclic) bond motifs is 1. The van der Waals surface area contributed by atoms with E-state index in [0.29, 0.717) is 30.2 Å². The molecule has 3 nitrogen and oxygen atoms in total. The molecule has 28 heavy (non-hydrogen) atoms. The first-order valence-electron chi connectivity index (χ1n) is 10.9. The number of benzene rings is 2. The molecule has 1 amide bonds. The summed E-state index contributed by atoms with van der Waals surface area (Å²) in [4.78, 5) is 17.5. The fourth-order valence-corrected chi connectivity index (χ4v) is 4.04. The van der Waals surface area contributed by atoms with Crippen LogP contribution in [0.3, 0.4) is 0 Å². The summed E-state index contributed by atoms with van der Waals surface area (Å²) in [5, 5.41) is 2.63. The van der Waals surface area contributed by atoms with Crippen LogP contribution in [0.25, 0.3) is 10.8 Å². The molecule has 0 heterocycles. The zero-order chi connectivity index (χ0) is 20.1. The van der Waals surface area contributed by atoms with Crippen LogP contribution < -0.4 is 0 Å². The molecule has 0 saturated heterocycles. The van der Waals surface area contributed by atoms with E-state index in [1.54, 1.807) is 0 Å². The largest absolute Gasteiger partial charge is 0.342 e. The number of carbonyl (C=O) groups is 1. The Balaban J connectivity index is 1.65. The van der Waals surface area contributed by atoms with Crippen molar-refractivity contribution >= 4 is 16.7 Å². The lowest BCUT2D eigenvalue weighted by Gasteiger charge is -2.28. The molecule has 0 aliphatic heterocycles. The van der Waals surface area contributed by atoms with Gasteiger partial charge >= 0.3 is 0 Å². The van der Waals surface area contributed by atoms with E-state index in [-0.39, 0.29) is 0 Å². The summed E-state index contributed by atoms with van der Waals surface area (Å²) in [6.07, 6.45) is 3.15. The second-order valence-corrected chi connectivity index (χ2v) is 9.18. The number of nitrogens with zero attached hydrogens (tertiary/aromatic N) is 2. The third kappa shape index (κ3) is 5.81. The minimum atomic E-state index is 0.311. The van der Waals surface area contributed by atoms with Crippen molar-refractivity contribution in [2.75, 3.05) is 19.6 Å². The Bertz CT molecular complexity index is 764. The highest BCUT2D eigenvalue weighted by Crippen LogP contribution is 2.30. The Hall–Kier alpha value is -1.87. The summed E-state index contributed by atoms with van der Waals surface area (Å²) in [6, 6.07) is 15.8. The van der Waals surface area contributed by atoms with Crippen molar-refractivity contribution in [1.29, 1.82) is 0 Å². The molecule has 3 rings (SSSR count). The Labute approximate surface area is 170 Å². The second-order valence-electron chi connectivity index (χ2n) is 9.18. The normalized spacial score (nSPS) is 14.4. The van der Waals surface area contributed by atoms with Gasteiger partial charge in [-0.3, -0.25) is 9.69 Å². The number of amides is 1. The maximum atomic E-state index is 12.9. The lowest BCUT2D eigenvalue weighted by Crippen LogP contribution is -2.39. The predicted octanol–water partition coefficient (Wildman–Crippen LogP) is 5.33. The summed E-state index contributed by atoms with van der Waals surface area (Å²) in [7, 11) is 0. The molecular weight excluding hydrogens is 344 g/mol. The zero-order valence-corrected chi connectivity index (χ0v) is 18.0. The highest BCUT2D eigenvalue weighted by atomic mass is 16.2. The van der Waals surface area contributed by atoms with Crippen molar-refractivity contribution in [3.05, 3.63) is 48.0 Å². The Kier molecular flexibility index (Phi) is 7.12. The van der Waals surface area contributed by atoms with Crippen molar-refractivity contribution in [2.24, 2.45) is 11.8 Å². The SMILES string of the molecule is CC(C)CN(CC(C)C)C(=O)CCN(Cc1cccc2ccccc12)C1CC1. The van der Waals surface area contributed by atoms with Crippen molar-refractivity contribution in [3.8, 4) is 0 Å². The number of hydrogen-bond donors (Lipinski definition) is 0. The lowest BCUT2D eigenvalue weighted by molar-refractivity contribution is -0.132. The maximum absolute atomic E-state index is 12.9. The minimum Gasteiger partial charge on any atom is -0.342 e. The molecule has 0 aromatic heterocycles. The predicted molar refractivity (Wildman–Crippen MR) is 118 cm³/mol. The van der Waals surface area contributed by atoms with Crippen molar-refractivity contribution in [3.63, 3.8) is 0 Å². The van der Waals surface area contributed by atoms with Gasteiger partial charge in [0.1, 0.15) is 0 Å². The maximum Gasteiger partial charge on any atom is 0.223 e. The fourth-order valence-electron chi connectivity index (χ4n) is 4.04. The molecular formula is C25H36N2O. The van der Waals surface area contributed by atoms with Gasteiger partial charge in [-0.1, -0.05) is 70.2 Å². The van der Waals surface area contributed by atoms with Crippen LogP contribution in [0, 0.1) is 11.8 Å². The van der Waals surface area contributed by atoms with Crippen LogP contribution in [0.2, 0.25) is 0 Å². The number of hydrogen-bond acceptors (Lipinski definition) is 2. The van der Waals surface area contributed by atoms with Crippen molar-refractivity contribution in [1.82, 2.24) is 9.80 Å². The van der Waals surface area contributed by atoms with Gasteiger partial charge in [-0.05, 0) is 41.0 Å². The van der Waals surface area contributed by atoms with Gasteiger partial charge in [0.05, 0.1) is 0 Å². The average Bonchev–Trinajstić information content (AvgIpc) is 3.49. The molecule has 0 N–H and O–H groups in total. The minimum absolute atomic E-state index is 0.311. The van der Waals surface area contributed by atoms with E-state index < -0.39 is 0 Å². The first kappa shape index (κ1) is 20.9. The van der Waals surface area contributed by atoms with Crippen LogP contribution in [0.1, 0.15) is 52.5 Å². The summed E-state index contributed by atoms with van der Waals surface area (Å²) in [5.41, 5.74) is 1.37. The third-order valence-corrected chi connectivity index (χ3v) is 5.45. The number of carbonyl (C=O) groups excluding carboxylic acids is 1. The molecule has 0 bridgehead atoms. The molecule has 0 spiro atoms. The van der Waals surface area contributed by atoms with Crippen LogP contribution in [0.15, 0.2) is 42.5 Å². The Morgan fingerprint density at radius 2 is 1.61 bits per heavy atom. The smallest absolute Gasteiger partial charge is 0.223 e. The molecule has 1 aliphatic carbocycles. The summed E-state index contributed by atoms with van der Waals surface area (Å²) in [6.45, 7) is 12.3. The van der Waals surface area contributed by atoms with Crippen LogP contribution in [-0.4, -0.2) is 41.4 Å². The van der Waals surface area contributed by atoms with E-state index in [9.17, 15) is 4.79 Å². The quantitative estimate of drug-likeness (QED) is 0.556. The fraction of sp³-hybridized carbons (Fsp3) is 0.560. The first-order valence-corrected chi connectivity index (χ1v) is 10.9. The molecule has 1 aliphatic rings. The molecule has 0 unspecified atom stereocenters. The Morgan fingerprint density at radius 3 is 2.25 bits per heavy atom. The summed E-state index contributed by atoms with van der Waals surface area (Å²) >= 11 is 0. The average molecular weight is 381 g/mol. The summed E-state index contributed by atoms with van der Waals surface area (Å²) in [5.74, 6) is 1.34. The standard InChI is InChI=1S/C25H36N2O/c1-19(2)16-27(17-20(3)4)25(28)14-15-26(23-12-13-23)18-22-10-7-9-21-8-5-6-11-24(21)22/h5-11,19-20,23H,12-18H2,1-4H3. The highest BCUT2D eigenvalue weighted by Gasteiger charge is 2.30. The van der Waals surface area contributed by atoms with E-state index in [1.165, 1.54) is 29.2 Å². The zero-order valence-electron chi connectivity index (χ0n) is 18.0. The van der Waals surface area contributed by atoms with E-state index in [4.69, 9.17) is 0 Å². The molecule has 2 aromatic carbocycles. The molecule has 152 valence electrons. The molecule has 1 saturated carbocycles. The van der Waals surface area contributed by atoms with E-state index in [1.807, 2.05) is 0 Å². The van der Waals surface area contributed by atoms with Gasteiger partial charge in [0.2, 0.25) is 5.91 Å². The van der Waals surface area contributed by atoms with Gasteiger partial charge in [0.15, 0.2) is 0 Å². The van der Waals surface area contributed by atoms with Gasteiger partial charge < -0.3 is 4.90 Å².